The van der Waals surface area contributed by atoms with Crippen LogP contribution in [0.4, 0.5) is 13.2 Å². The first-order valence-corrected chi connectivity index (χ1v) is 8.86. The van der Waals surface area contributed by atoms with Crippen LogP contribution in [-0.2, 0) is 16.9 Å². The lowest BCUT2D eigenvalue weighted by Crippen LogP contribution is -2.46. The molecule has 0 radical (unpaired) electrons. The van der Waals surface area contributed by atoms with Crippen LogP contribution in [0.1, 0.15) is 22.9 Å². The van der Waals surface area contributed by atoms with Gasteiger partial charge in [-0.2, -0.15) is 13.2 Å². The molecule has 3 aromatic rings. The van der Waals surface area contributed by atoms with Crippen LogP contribution in [0, 0.1) is 6.92 Å². The summed E-state index contributed by atoms with van der Waals surface area (Å²) < 4.78 is 46.4. The number of hydrogen-bond donors (Lipinski definition) is 1. The summed E-state index contributed by atoms with van der Waals surface area (Å²) in [6.07, 6.45) is -6.24. The highest BCUT2D eigenvalue weighted by Crippen LogP contribution is 2.42. The molecule has 1 atom stereocenters. The van der Waals surface area contributed by atoms with Crippen molar-refractivity contribution in [2.24, 2.45) is 0 Å². The van der Waals surface area contributed by atoms with E-state index in [0.717, 1.165) is 21.2 Å². The number of amides is 1. The summed E-state index contributed by atoms with van der Waals surface area (Å²) in [6.45, 7) is 1.50. The first kappa shape index (κ1) is 19.4. The van der Waals surface area contributed by atoms with Crippen LogP contribution in [0.3, 0.4) is 0 Å². The quantitative estimate of drug-likeness (QED) is 0.706. The Balaban J connectivity index is 1.78. The van der Waals surface area contributed by atoms with Gasteiger partial charge in [0, 0.05) is 7.05 Å². The number of carbonyl (C=O) groups excluding carboxylic acids is 1. The van der Waals surface area contributed by atoms with Crippen molar-refractivity contribution in [3.05, 3.63) is 52.9 Å². The molecule has 5 nitrogen and oxygen atoms in total. The molecular weight excluding hydrogens is 381 g/mol. The first-order chi connectivity index (χ1) is 12.6. The number of halogens is 3. The maximum Gasteiger partial charge on any atom is 0.425 e. The SMILES string of the molecule is Cc1ccc(C(O)(CC(=O)N(C)Cc2nc3ccccc3s2)C(F)(F)F)o1. The van der Waals surface area contributed by atoms with Crippen LogP contribution in [0.5, 0.6) is 0 Å². The zero-order chi connectivity index (χ0) is 19.8. The summed E-state index contributed by atoms with van der Waals surface area (Å²) in [5.74, 6) is -1.36. The number of nitrogens with zero attached hydrogens (tertiary/aromatic N) is 2. The Morgan fingerprint density at radius 1 is 1.26 bits per heavy atom. The fourth-order valence-electron chi connectivity index (χ4n) is 2.62. The van der Waals surface area contributed by atoms with E-state index in [1.165, 1.54) is 31.4 Å². The van der Waals surface area contributed by atoms with Crippen LogP contribution < -0.4 is 0 Å². The van der Waals surface area contributed by atoms with Crippen LogP contribution in [0.15, 0.2) is 40.8 Å². The Labute approximate surface area is 157 Å². The Kier molecular flexibility index (Phi) is 5.00. The maximum atomic E-state index is 13.5. The second-order valence-electron chi connectivity index (χ2n) is 6.27. The second kappa shape index (κ2) is 6.97. The lowest BCUT2D eigenvalue weighted by molar-refractivity contribution is -0.274. The summed E-state index contributed by atoms with van der Waals surface area (Å²) in [4.78, 5) is 17.9. The van der Waals surface area contributed by atoms with Crippen LogP contribution in [0.25, 0.3) is 10.2 Å². The van der Waals surface area contributed by atoms with Crippen molar-refractivity contribution in [3.8, 4) is 0 Å². The van der Waals surface area contributed by atoms with Crippen molar-refractivity contribution < 1.29 is 27.5 Å². The number of carbonyl (C=O) groups is 1. The number of aliphatic hydroxyl groups is 1. The van der Waals surface area contributed by atoms with Gasteiger partial charge < -0.3 is 14.4 Å². The third kappa shape index (κ3) is 3.84. The van der Waals surface area contributed by atoms with E-state index < -0.39 is 29.9 Å². The van der Waals surface area contributed by atoms with E-state index in [1.54, 1.807) is 0 Å². The van der Waals surface area contributed by atoms with Gasteiger partial charge in [-0.25, -0.2) is 4.98 Å². The molecule has 2 heterocycles. The molecule has 3 rings (SSSR count). The van der Waals surface area contributed by atoms with Crippen LogP contribution in [-0.4, -0.2) is 34.1 Å². The number of rotatable bonds is 5. The molecule has 1 unspecified atom stereocenters. The molecule has 2 aromatic heterocycles. The maximum absolute atomic E-state index is 13.5. The third-order valence-corrected chi connectivity index (χ3v) is 5.18. The fourth-order valence-corrected chi connectivity index (χ4v) is 3.64. The van der Waals surface area contributed by atoms with Gasteiger partial charge >= 0.3 is 6.18 Å². The van der Waals surface area contributed by atoms with Gasteiger partial charge in [0.25, 0.3) is 0 Å². The lowest BCUT2D eigenvalue weighted by Gasteiger charge is -2.29. The summed E-state index contributed by atoms with van der Waals surface area (Å²) in [5.41, 5.74) is -2.63. The Morgan fingerprint density at radius 2 is 1.96 bits per heavy atom. The van der Waals surface area contributed by atoms with Crippen molar-refractivity contribution in [1.82, 2.24) is 9.88 Å². The number of hydrogen-bond acceptors (Lipinski definition) is 5. The first-order valence-electron chi connectivity index (χ1n) is 8.04. The molecule has 1 amide bonds. The number of aryl methyl sites for hydroxylation is 1. The van der Waals surface area contributed by atoms with E-state index in [2.05, 4.69) is 4.98 Å². The Morgan fingerprint density at radius 3 is 2.56 bits per heavy atom. The normalized spacial score (nSPS) is 14.3. The Bertz CT molecular complexity index is 933. The number of aromatic nitrogens is 1. The summed E-state index contributed by atoms with van der Waals surface area (Å²) in [5, 5.41) is 10.8. The third-order valence-electron chi connectivity index (χ3n) is 4.16. The highest BCUT2D eigenvalue weighted by Gasteiger charge is 2.58. The molecule has 0 bridgehead atoms. The summed E-state index contributed by atoms with van der Waals surface area (Å²) >= 11 is 1.36. The lowest BCUT2D eigenvalue weighted by atomic mass is 9.95. The zero-order valence-electron chi connectivity index (χ0n) is 14.6. The van der Waals surface area contributed by atoms with E-state index in [0.29, 0.717) is 5.01 Å². The molecule has 0 saturated carbocycles. The standard InChI is InChI=1S/C18H17F3N2O3S/c1-11-7-8-14(26-11)17(25,18(19,20)21)9-16(24)23(2)10-15-22-12-5-3-4-6-13(12)27-15/h3-8,25H,9-10H2,1-2H3. The molecule has 0 saturated heterocycles. The molecule has 27 heavy (non-hydrogen) atoms. The van der Waals surface area contributed by atoms with Crippen molar-refractivity contribution >= 4 is 27.5 Å². The topological polar surface area (TPSA) is 66.6 Å². The largest absolute Gasteiger partial charge is 0.463 e. The van der Waals surface area contributed by atoms with Crippen molar-refractivity contribution in [2.45, 2.75) is 31.7 Å². The van der Waals surface area contributed by atoms with E-state index in [4.69, 9.17) is 4.42 Å². The monoisotopic (exact) mass is 398 g/mol. The van der Waals surface area contributed by atoms with Gasteiger partial charge in [-0.15, -0.1) is 11.3 Å². The van der Waals surface area contributed by atoms with E-state index >= 15 is 0 Å². The van der Waals surface area contributed by atoms with Crippen molar-refractivity contribution in [2.75, 3.05) is 7.05 Å². The number of alkyl halides is 3. The molecule has 9 heteroatoms. The molecule has 144 valence electrons. The predicted octanol–water partition coefficient (Wildman–Crippen LogP) is 4.00. The highest BCUT2D eigenvalue weighted by atomic mass is 32.1. The molecule has 1 aromatic carbocycles. The van der Waals surface area contributed by atoms with Crippen LogP contribution >= 0.6 is 11.3 Å². The predicted molar refractivity (Wildman–Crippen MR) is 94.1 cm³/mol. The number of benzene rings is 1. The molecule has 1 N–H and O–H groups in total. The number of furan rings is 1. The summed E-state index contributed by atoms with van der Waals surface area (Å²) in [6, 6.07) is 9.72. The Hall–Kier alpha value is -2.39. The van der Waals surface area contributed by atoms with Gasteiger partial charge in [0.15, 0.2) is 0 Å². The van der Waals surface area contributed by atoms with Gasteiger partial charge in [-0.1, -0.05) is 12.1 Å². The summed E-state index contributed by atoms with van der Waals surface area (Å²) in [7, 11) is 1.37. The van der Waals surface area contributed by atoms with Gasteiger partial charge in [-0.3, -0.25) is 4.79 Å². The van der Waals surface area contributed by atoms with Crippen molar-refractivity contribution in [1.29, 1.82) is 0 Å². The van der Waals surface area contributed by atoms with Gasteiger partial charge in [0.1, 0.15) is 16.5 Å². The molecule has 0 spiro atoms. The number of para-hydroxylation sites is 1. The molecule has 0 aliphatic rings. The molecular formula is C18H17F3N2O3S. The molecule has 0 aliphatic heterocycles. The highest BCUT2D eigenvalue weighted by molar-refractivity contribution is 7.18. The number of fused-ring (bicyclic) bond motifs is 1. The second-order valence-corrected chi connectivity index (χ2v) is 7.39. The van der Waals surface area contributed by atoms with E-state index in [1.807, 2.05) is 24.3 Å². The molecule has 0 aliphatic carbocycles. The fraction of sp³-hybridized carbons (Fsp3) is 0.333. The van der Waals surface area contributed by atoms with E-state index in [9.17, 15) is 23.1 Å². The smallest absolute Gasteiger partial charge is 0.425 e. The zero-order valence-corrected chi connectivity index (χ0v) is 15.4. The number of thiazole rings is 1. The van der Waals surface area contributed by atoms with Gasteiger partial charge in [0.2, 0.25) is 11.5 Å². The van der Waals surface area contributed by atoms with E-state index in [-0.39, 0.29) is 12.3 Å². The average Bonchev–Trinajstić information content (AvgIpc) is 3.19. The molecule has 0 fully saturated rings. The van der Waals surface area contributed by atoms with Crippen LogP contribution in [0.2, 0.25) is 0 Å². The minimum Gasteiger partial charge on any atom is -0.463 e. The minimum atomic E-state index is -5.07. The van der Waals surface area contributed by atoms with Gasteiger partial charge in [0.05, 0.1) is 23.2 Å². The van der Waals surface area contributed by atoms with Crippen molar-refractivity contribution in [3.63, 3.8) is 0 Å². The average molecular weight is 398 g/mol. The minimum absolute atomic E-state index is 0.0449. The van der Waals surface area contributed by atoms with Gasteiger partial charge in [-0.05, 0) is 31.2 Å².